The molecule has 0 unspecified atom stereocenters. The van der Waals surface area contributed by atoms with Crippen LogP contribution < -0.4 is 0 Å². The monoisotopic (exact) mass is 422 g/mol. The molecule has 0 radical (unpaired) electrons. The van der Waals surface area contributed by atoms with Gasteiger partial charge in [-0.2, -0.15) is 0 Å². The molecular weight excluding hydrogens is 404 g/mol. The van der Waals surface area contributed by atoms with Gasteiger partial charge in [-0.15, -0.1) is 11.6 Å². The number of thioether (sulfide) groups is 1. The highest BCUT2D eigenvalue weighted by Crippen LogP contribution is 2.37. The largest absolute Gasteiger partial charge is 0.454 e. The SMILES string of the molecule is O=C(CCl)O[C@H]1[C@H](OC(=O)c2ccccc2)[C@@H](Sc2ccccc2)O[C@@H]1CO. The lowest BCUT2D eigenvalue weighted by atomic mass is 10.1. The molecule has 0 saturated carbocycles. The van der Waals surface area contributed by atoms with Gasteiger partial charge in [0.2, 0.25) is 0 Å². The number of esters is 2. The summed E-state index contributed by atoms with van der Waals surface area (Å²) in [6.07, 6.45) is -2.71. The zero-order chi connectivity index (χ0) is 19.9. The fourth-order valence-corrected chi connectivity index (χ4v) is 3.97. The van der Waals surface area contributed by atoms with Crippen LogP contribution in [0.25, 0.3) is 0 Å². The summed E-state index contributed by atoms with van der Waals surface area (Å²) in [6, 6.07) is 17.9. The Balaban J connectivity index is 1.84. The maximum Gasteiger partial charge on any atom is 0.338 e. The predicted octanol–water partition coefficient (Wildman–Crippen LogP) is 2.87. The van der Waals surface area contributed by atoms with Gasteiger partial charge < -0.3 is 19.3 Å². The summed E-state index contributed by atoms with van der Waals surface area (Å²) in [6.45, 7) is -0.397. The number of carbonyl (C=O) groups excluding carboxylic acids is 2. The van der Waals surface area contributed by atoms with E-state index >= 15 is 0 Å². The molecule has 0 bridgehead atoms. The molecule has 1 fully saturated rings. The average Bonchev–Trinajstić information content (AvgIpc) is 3.05. The minimum absolute atomic E-state index is 0.357. The molecule has 0 amide bonds. The van der Waals surface area contributed by atoms with Gasteiger partial charge in [0.05, 0.1) is 12.2 Å². The van der Waals surface area contributed by atoms with Crippen molar-refractivity contribution < 1.29 is 28.9 Å². The fourth-order valence-electron chi connectivity index (χ4n) is 2.78. The molecule has 0 spiro atoms. The van der Waals surface area contributed by atoms with Crippen LogP contribution >= 0.6 is 23.4 Å². The molecule has 6 nitrogen and oxygen atoms in total. The van der Waals surface area contributed by atoms with Crippen molar-refractivity contribution in [1.82, 2.24) is 0 Å². The Bertz CT molecular complexity index is 788. The minimum atomic E-state index is -0.967. The van der Waals surface area contributed by atoms with Crippen LogP contribution in [0.15, 0.2) is 65.6 Å². The quantitative estimate of drug-likeness (QED) is 0.542. The third kappa shape index (κ3) is 5.05. The molecule has 0 aromatic heterocycles. The normalized spacial score (nSPS) is 23.9. The first kappa shape index (κ1) is 20.7. The first-order chi connectivity index (χ1) is 13.6. The van der Waals surface area contributed by atoms with E-state index in [1.165, 1.54) is 11.8 Å². The van der Waals surface area contributed by atoms with Crippen LogP contribution in [0, 0.1) is 0 Å². The van der Waals surface area contributed by atoms with Crippen LogP contribution in [0.1, 0.15) is 10.4 Å². The third-order valence-corrected chi connectivity index (χ3v) is 5.45. The van der Waals surface area contributed by atoms with E-state index in [9.17, 15) is 14.7 Å². The highest BCUT2D eigenvalue weighted by atomic mass is 35.5. The van der Waals surface area contributed by atoms with E-state index in [1.54, 1.807) is 30.3 Å². The summed E-state index contributed by atoms with van der Waals surface area (Å²) in [5.41, 5.74) is -0.304. The van der Waals surface area contributed by atoms with Crippen LogP contribution in [0.5, 0.6) is 0 Å². The van der Waals surface area contributed by atoms with Gasteiger partial charge >= 0.3 is 11.9 Å². The van der Waals surface area contributed by atoms with Crippen LogP contribution in [0.3, 0.4) is 0 Å². The van der Waals surface area contributed by atoms with Gasteiger partial charge in [0.15, 0.2) is 12.2 Å². The molecule has 28 heavy (non-hydrogen) atoms. The first-order valence-electron chi connectivity index (χ1n) is 8.62. The van der Waals surface area contributed by atoms with Gasteiger partial charge in [0.1, 0.15) is 17.4 Å². The first-order valence-corrected chi connectivity index (χ1v) is 10.0. The lowest BCUT2D eigenvalue weighted by Gasteiger charge is -2.23. The van der Waals surface area contributed by atoms with Gasteiger partial charge in [-0.25, -0.2) is 4.79 Å². The summed E-state index contributed by atoms with van der Waals surface area (Å²) in [7, 11) is 0. The Hall–Kier alpha value is -2.06. The van der Waals surface area contributed by atoms with Crippen molar-refractivity contribution in [2.24, 2.45) is 0 Å². The van der Waals surface area contributed by atoms with Crippen molar-refractivity contribution in [2.45, 2.75) is 28.6 Å². The van der Waals surface area contributed by atoms with E-state index in [1.807, 2.05) is 30.3 Å². The van der Waals surface area contributed by atoms with Crippen molar-refractivity contribution in [1.29, 1.82) is 0 Å². The average molecular weight is 423 g/mol. The van der Waals surface area contributed by atoms with Gasteiger partial charge in [-0.1, -0.05) is 48.2 Å². The lowest BCUT2D eigenvalue weighted by Crippen LogP contribution is -2.41. The summed E-state index contributed by atoms with van der Waals surface area (Å²) in [5.74, 6) is -1.61. The second-order valence-electron chi connectivity index (χ2n) is 5.98. The lowest BCUT2D eigenvalue weighted by molar-refractivity contribution is -0.153. The number of aliphatic hydroxyl groups is 1. The summed E-state index contributed by atoms with van der Waals surface area (Å²) < 4.78 is 16.8. The van der Waals surface area contributed by atoms with E-state index in [2.05, 4.69) is 0 Å². The number of hydrogen-bond acceptors (Lipinski definition) is 7. The van der Waals surface area contributed by atoms with Gasteiger partial charge in [0.25, 0.3) is 0 Å². The topological polar surface area (TPSA) is 82.1 Å². The second-order valence-corrected chi connectivity index (χ2v) is 7.42. The maximum atomic E-state index is 12.6. The number of ether oxygens (including phenoxy) is 3. The Morgan fingerprint density at radius 1 is 1.00 bits per heavy atom. The zero-order valence-corrected chi connectivity index (χ0v) is 16.3. The number of halogens is 1. The predicted molar refractivity (Wildman–Crippen MR) is 104 cm³/mol. The molecule has 0 aliphatic carbocycles. The van der Waals surface area contributed by atoms with E-state index in [4.69, 9.17) is 25.8 Å². The molecule has 1 N–H and O–H groups in total. The molecule has 3 rings (SSSR count). The number of benzene rings is 2. The Morgan fingerprint density at radius 3 is 2.25 bits per heavy atom. The number of hydrogen-bond donors (Lipinski definition) is 1. The van der Waals surface area contributed by atoms with E-state index < -0.39 is 42.3 Å². The van der Waals surface area contributed by atoms with E-state index in [-0.39, 0.29) is 5.88 Å². The summed E-state index contributed by atoms with van der Waals surface area (Å²) >= 11 is 6.87. The Morgan fingerprint density at radius 2 is 1.64 bits per heavy atom. The van der Waals surface area contributed by atoms with Crippen LogP contribution in [-0.4, -0.2) is 53.3 Å². The number of alkyl halides is 1. The Labute approximate surface area is 171 Å². The number of aliphatic hydroxyl groups excluding tert-OH is 1. The maximum absolute atomic E-state index is 12.6. The van der Waals surface area contributed by atoms with Gasteiger partial charge in [0, 0.05) is 4.90 Å². The molecule has 1 saturated heterocycles. The third-order valence-electron chi connectivity index (χ3n) is 4.07. The minimum Gasteiger partial charge on any atom is -0.454 e. The van der Waals surface area contributed by atoms with Crippen molar-refractivity contribution in [2.75, 3.05) is 12.5 Å². The summed E-state index contributed by atoms with van der Waals surface area (Å²) in [4.78, 5) is 25.2. The molecule has 1 aliphatic rings. The van der Waals surface area contributed by atoms with Crippen molar-refractivity contribution in [3.05, 3.63) is 66.2 Å². The highest BCUT2D eigenvalue weighted by Gasteiger charge is 2.49. The van der Waals surface area contributed by atoms with Crippen LogP contribution in [0.4, 0.5) is 0 Å². The molecule has 1 aliphatic heterocycles. The van der Waals surface area contributed by atoms with Crippen molar-refractivity contribution >= 4 is 35.3 Å². The second kappa shape index (κ2) is 9.93. The summed E-state index contributed by atoms with van der Waals surface area (Å²) in [5, 5.41) is 9.68. The smallest absolute Gasteiger partial charge is 0.338 e. The molecular formula is C20H19ClO6S. The highest BCUT2D eigenvalue weighted by molar-refractivity contribution is 7.99. The van der Waals surface area contributed by atoms with E-state index in [0.29, 0.717) is 5.56 Å². The molecule has 148 valence electrons. The van der Waals surface area contributed by atoms with Crippen LogP contribution in [-0.2, 0) is 19.0 Å². The molecule has 1 heterocycles. The molecule has 4 atom stereocenters. The standard InChI is InChI=1S/C20H19ClO6S/c21-11-16(23)26-17-15(12-22)25-20(28-14-9-5-2-6-10-14)18(17)27-19(24)13-7-3-1-4-8-13/h1-10,15,17-18,20,22H,11-12H2/t15-,17-,18+,20-/m1/s1. The Kier molecular flexibility index (Phi) is 7.33. The van der Waals surface area contributed by atoms with Gasteiger partial charge in [-0.05, 0) is 24.3 Å². The van der Waals surface area contributed by atoms with E-state index in [0.717, 1.165) is 4.90 Å². The number of carbonyl (C=O) groups is 2. The zero-order valence-electron chi connectivity index (χ0n) is 14.8. The fraction of sp³-hybridized carbons (Fsp3) is 0.300. The van der Waals surface area contributed by atoms with Crippen molar-refractivity contribution in [3.8, 4) is 0 Å². The molecule has 2 aromatic carbocycles. The number of rotatable bonds is 7. The van der Waals surface area contributed by atoms with Crippen LogP contribution in [0.2, 0.25) is 0 Å². The van der Waals surface area contributed by atoms with Crippen molar-refractivity contribution in [3.63, 3.8) is 0 Å². The molecule has 2 aromatic rings. The molecule has 8 heteroatoms. The van der Waals surface area contributed by atoms with Gasteiger partial charge in [-0.3, -0.25) is 4.79 Å².